The standard InChI is InChI=1S/C14H19N3S/c1-2-10-9-17(7-4-12(10)15)14-11-5-8-18-13(11)3-6-16-14/h3,5-6,8,10,12H,2,4,7,9,15H2,1H3. The number of nitrogens with two attached hydrogens (primary N) is 1. The fourth-order valence-electron chi connectivity index (χ4n) is 2.81. The van der Waals surface area contributed by atoms with E-state index in [0.717, 1.165) is 31.7 Å². The van der Waals surface area contributed by atoms with E-state index in [2.05, 4.69) is 34.3 Å². The van der Waals surface area contributed by atoms with Crippen LogP contribution in [-0.2, 0) is 0 Å². The van der Waals surface area contributed by atoms with E-state index in [4.69, 9.17) is 5.73 Å². The Kier molecular flexibility index (Phi) is 3.22. The van der Waals surface area contributed by atoms with E-state index in [9.17, 15) is 0 Å². The van der Waals surface area contributed by atoms with Crippen LogP contribution in [0.2, 0.25) is 0 Å². The number of aromatic nitrogens is 1. The van der Waals surface area contributed by atoms with Gasteiger partial charge in [-0.15, -0.1) is 11.3 Å². The maximum absolute atomic E-state index is 6.18. The first kappa shape index (κ1) is 11.9. The second-order valence-corrected chi connectivity index (χ2v) is 5.98. The Morgan fingerprint density at radius 2 is 2.39 bits per heavy atom. The summed E-state index contributed by atoms with van der Waals surface area (Å²) in [5, 5.41) is 3.43. The average Bonchev–Trinajstić information content (AvgIpc) is 2.87. The minimum Gasteiger partial charge on any atom is -0.356 e. The molecule has 2 N–H and O–H groups in total. The lowest BCUT2D eigenvalue weighted by Gasteiger charge is -2.37. The third-order valence-corrected chi connectivity index (χ3v) is 4.86. The van der Waals surface area contributed by atoms with Gasteiger partial charge in [0, 0.05) is 35.4 Å². The maximum atomic E-state index is 6.18. The van der Waals surface area contributed by atoms with Crippen LogP contribution >= 0.6 is 11.3 Å². The molecule has 2 aromatic rings. The van der Waals surface area contributed by atoms with Gasteiger partial charge in [-0.2, -0.15) is 0 Å². The molecule has 3 rings (SSSR count). The fraction of sp³-hybridized carbons (Fsp3) is 0.500. The number of thiophene rings is 1. The van der Waals surface area contributed by atoms with Crippen molar-refractivity contribution < 1.29 is 0 Å². The topological polar surface area (TPSA) is 42.2 Å². The second-order valence-electron chi connectivity index (χ2n) is 5.03. The highest BCUT2D eigenvalue weighted by Gasteiger charge is 2.26. The fourth-order valence-corrected chi connectivity index (χ4v) is 3.58. The van der Waals surface area contributed by atoms with E-state index < -0.39 is 0 Å². The highest BCUT2D eigenvalue weighted by Crippen LogP contribution is 2.31. The van der Waals surface area contributed by atoms with Crippen molar-refractivity contribution in [3.63, 3.8) is 0 Å². The summed E-state index contributed by atoms with van der Waals surface area (Å²) >= 11 is 1.78. The van der Waals surface area contributed by atoms with Crippen LogP contribution in [0.5, 0.6) is 0 Å². The number of nitrogens with zero attached hydrogens (tertiary/aromatic N) is 2. The molecule has 0 amide bonds. The molecule has 2 aromatic heterocycles. The molecule has 4 heteroatoms. The Morgan fingerprint density at radius 1 is 1.50 bits per heavy atom. The normalized spacial score (nSPS) is 24.7. The summed E-state index contributed by atoms with van der Waals surface area (Å²) in [6.45, 7) is 4.30. The lowest BCUT2D eigenvalue weighted by Crippen LogP contribution is -2.47. The molecule has 1 aliphatic heterocycles. The van der Waals surface area contributed by atoms with Crippen LogP contribution in [-0.4, -0.2) is 24.1 Å². The molecule has 1 fully saturated rings. The molecule has 1 aliphatic rings. The van der Waals surface area contributed by atoms with Gasteiger partial charge in [0.05, 0.1) is 0 Å². The predicted molar refractivity (Wildman–Crippen MR) is 78.2 cm³/mol. The van der Waals surface area contributed by atoms with Crippen LogP contribution in [0.3, 0.4) is 0 Å². The number of hydrogen-bond acceptors (Lipinski definition) is 4. The van der Waals surface area contributed by atoms with Crippen LogP contribution in [0.1, 0.15) is 19.8 Å². The lowest BCUT2D eigenvalue weighted by molar-refractivity contribution is 0.347. The van der Waals surface area contributed by atoms with Gasteiger partial charge in [0.15, 0.2) is 0 Å². The van der Waals surface area contributed by atoms with Gasteiger partial charge >= 0.3 is 0 Å². The van der Waals surface area contributed by atoms with E-state index >= 15 is 0 Å². The Balaban J connectivity index is 1.93. The Morgan fingerprint density at radius 3 is 3.22 bits per heavy atom. The zero-order valence-electron chi connectivity index (χ0n) is 10.7. The molecule has 0 saturated carbocycles. The van der Waals surface area contributed by atoms with Crippen molar-refractivity contribution in [3.05, 3.63) is 23.7 Å². The molecule has 2 atom stereocenters. The third-order valence-electron chi connectivity index (χ3n) is 3.98. The SMILES string of the molecule is CCC1CN(c2nccc3sccc23)CCC1N. The first-order valence-electron chi connectivity index (χ1n) is 6.62. The highest BCUT2D eigenvalue weighted by atomic mass is 32.1. The molecular weight excluding hydrogens is 242 g/mol. The molecule has 0 bridgehead atoms. The molecular formula is C14H19N3S. The van der Waals surface area contributed by atoms with Gasteiger partial charge in [0.1, 0.15) is 5.82 Å². The van der Waals surface area contributed by atoms with Gasteiger partial charge in [0.25, 0.3) is 0 Å². The first-order valence-corrected chi connectivity index (χ1v) is 7.50. The quantitative estimate of drug-likeness (QED) is 0.904. The molecule has 3 nitrogen and oxygen atoms in total. The first-order chi connectivity index (χ1) is 8.79. The largest absolute Gasteiger partial charge is 0.356 e. The number of anilines is 1. The van der Waals surface area contributed by atoms with Crippen molar-refractivity contribution in [3.8, 4) is 0 Å². The van der Waals surface area contributed by atoms with Crippen molar-refractivity contribution >= 4 is 27.2 Å². The highest BCUT2D eigenvalue weighted by molar-refractivity contribution is 7.17. The minimum absolute atomic E-state index is 0.355. The molecule has 96 valence electrons. The van der Waals surface area contributed by atoms with Crippen molar-refractivity contribution in [1.29, 1.82) is 0 Å². The van der Waals surface area contributed by atoms with Crippen LogP contribution in [0, 0.1) is 5.92 Å². The molecule has 3 heterocycles. The number of piperidine rings is 1. The minimum atomic E-state index is 0.355. The lowest BCUT2D eigenvalue weighted by atomic mass is 9.90. The predicted octanol–water partition coefficient (Wildman–Crippen LogP) is 2.86. The van der Waals surface area contributed by atoms with E-state index in [1.165, 1.54) is 10.1 Å². The van der Waals surface area contributed by atoms with Crippen LogP contribution < -0.4 is 10.6 Å². The summed E-state index contributed by atoms with van der Waals surface area (Å²) in [5.41, 5.74) is 6.18. The number of hydrogen-bond donors (Lipinski definition) is 1. The summed E-state index contributed by atoms with van der Waals surface area (Å²) < 4.78 is 1.32. The zero-order chi connectivity index (χ0) is 12.5. The maximum Gasteiger partial charge on any atom is 0.137 e. The van der Waals surface area contributed by atoms with Gasteiger partial charge in [-0.1, -0.05) is 13.3 Å². The van der Waals surface area contributed by atoms with Gasteiger partial charge in [-0.3, -0.25) is 0 Å². The Bertz CT molecular complexity index is 537. The Labute approximate surface area is 112 Å². The van der Waals surface area contributed by atoms with E-state index in [1.54, 1.807) is 11.3 Å². The molecule has 18 heavy (non-hydrogen) atoms. The summed E-state index contributed by atoms with van der Waals surface area (Å²) in [6.07, 6.45) is 4.14. The van der Waals surface area contributed by atoms with Gasteiger partial charge in [-0.05, 0) is 29.9 Å². The molecule has 2 unspecified atom stereocenters. The van der Waals surface area contributed by atoms with E-state index in [1.807, 2.05) is 6.20 Å². The summed E-state index contributed by atoms with van der Waals surface area (Å²) in [5.74, 6) is 1.73. The molecule has 0 aliphatic carbocycles. The van der Waals surface area contributed by atoms with Crippen LogP contribution in [0.4, 0.5) is 5.82 Å². The van der Waals surface area contributed by atoms with Gasteiger partial charge in [-0.25, -0.2) is 4.98 Å². The van der Waals surface area contributed by atoms with Crippen molar-refractivity contribution in [2.75, 3.05) is 18.0 Å². The summed E-state index contributed by atoms with van der Waals surface area (Å²) in [4.78, 5) is 7.00. The van der Waals surface area contributed by atoms with E-state index in [0.29, 0.717) is 12.0 Å². The zero-order valence-corrected chi connectivity index (χ0v) is 11.5. The summed E-state index contributed by atoms with van der Waals surface area (Å²) in [7, 11) is 0. The van der Waals surface area contributed by atoms with Gasteiger partial charge in [0.2, 0.25) is 0 Å². The smallest absolute Gasteiger partial charge is 0.137 e. The van der Waals surface area contributed by atoms with E-state index in [-0.39, 0.29) is 0 Å². The number of fused-ring (bicyclic) bond motifs is 1. The van der Waals surface area contributed by atoms with Crippen molar-refractivity contribution in [2.24, 2.45) is 11.7 Å². The average molecular weight is 261 g/mol. The van der Waals surface area contributed by atoms with Crippen molar-refractivity contribution in [2.45, 2.75) is 25.8 Å². The Hall–Kier alpha value is -1.13. The molecule has 0 spiro atoms. The number of pyridine rings is 1. The van der Waals surface area contributed by atoms with Crippen molar-refractivity contribution in [1.82, 2.24) is 4.98 Å². The summed E-state index contributed by atoms with van der Waals surface area (Å²) in [6, 6.07) is 4.63. The van der Waals surface area contributed by atoms with Crippen LogP contribution in [0.25, 0.3) is 10.1 Å². The number of rotatable bonds is 2. The third kappa shape index (κ3) is 1.99. The monoisotopic (exact) mass is 261 g/mol. The van der Waals surface area contributed by atoms with Crippen LogP contribution in [0.15, 0.2) is 23.7 Å². The molecule has 1 saturated heterocycles. The molecule has 0 aromatic carbocycles. The second kappa shape index (κ2) is 4.86. The molecule has 0 radical (unpaired) electrons. The van der Waals surface area contributed by atoms with Gasteiger partial charge < -0.3 is 10.6 Å².